The number of rotatable bonds is 3. The molecule has 2 atom stereocenters. The maximum atomic E-state index is 11.2. The highest BCUT2D eigenvalue weighted by atomic mass is 16.4. The standard InChI is InChI=1S/C16H18N2O2/c1-11-8-18(10-14(11)16(19)20)9-13-5-2-4-12-6-3-7-17-15(12)13/h2-7,11,14H,8-10H2,1H3,(H,19,20)/t11-,14-/m1/s1. The summed E-state index contributed by atoms with van der Waals surface area (Å²) in [6.07, 6.45) is 1.80. The predicted octanol–water partition coefficient (Wildman–Crippen LogP) is 2.39. The van der Waals surface area contributed by atoms with Crippen LogP contribution in [0.2, 0.25) is 0 Å². The zero-order valence-electron chi connectivity index (χ0n) is 11.5. The average molecular weight is 270 g/mol. The number of carboxylic acid groups (broad SMARTS) is 1. The Morgan fingerprint density at radius 3 is 2.90 bits per heavy atom. The SMILES string of the molecule is C[C@@H]1CN(Cc2cccc3cccnc23)C[C@H]1C(=O)O. The molecule has 20 heavy (non-hydrogen) atoms. The molecule has 104 valence electrons. The lowest BCUT2D eigenvalue weighted by atomic mass is 9.99. The molecule has 2 heterocycles. The van der Waals surface area contributed by atoms with E-state index in [4.69, 9.17) is 0 Å². The first-order valence-electron chi connectivity index (χ1n) is 6.93. The number of carbonyl (C=O) groups is 1. The van der Waals surface area contributed by atoms with E-state index in [1.807, 2.05) is 19.1 Å². The smallest absolute Gasteiger partial charge is 0.308 e. The molecule has 1 aliphatic rings. The normalized spacial score (nSPS) is 23.2. The number of hydrogen-bond acceptors (Lipinski definition) is 3. The predicted molar refractivity (Wildman–Crippen MR) is 77.3 cm³/mol. The maximum absolute atomic E-state index is 11.2. The van der Waals surface area contributed by atoms with Gasteiger partial charge in [-0.2, -0.15) is 0 Å². The van der Waals surface area contributed by atoms with Crippen LogP contribution >= 0.6 is 0 Å². The Morgan fingerprint density at radius 1 is 1.35 bits per heavy atom. The van der Waals surface area contributed by atoms with Crippen LogP contribution in [0.15, 0.2) is 36.5 Å². The highest BCUT2D eigenvalue weighted by Crippen LogP contribution is 2.26. The van der Waals surface area contributed by atoms with Gasteiger partial charge in [-0.05, 0) is 17.5 Å². The van der Waals surface area contributed by atoms with Crippen molar-refractivity contribution >= 4 is 16.9 Å². The van der Waals surface area contributed by atoms with Gasteiger partial charge in [-0.3, -0.25) is 14.7 Å². The van der Waals surface area contributed by atoms with Crippen molar-refractivity contribution < 1.29 is 9.90 Å². The Labute approximate surface area is 118 Å². The van der Waals surface area contributed by atoms with Gasteiger partial charge in [-0.1, -0.05) is 31.2 Å². The highest BCUT2D eigenvalue weighted by molar-refractivity contribution is 5.81. The monoisotopic (exact) mass is 270 g/mol. The van der Waals surface area contributed by atoms with E-state index in [1.165, 1.54) is 5.56 Å². The molecule has 0 bridgehead atoms. The lowest BCUT2D eigenvalue weighted by Crippen LogP contribution is -2.23. The van der Waals surface area contributed by atoms with E-state index in [2.05, 4.69) is 28.1 Å². The Kier molecular flexibility index (Phi) is 3.40. The van der Waals surface area contributed by atoms with E-state index in [9.17, 15) is 9.90 Å². The Bertz CT molecular complexity index is 636. The van der Waals surface area contributed by atoms with Crippen LogP contribution in [-0.2, 0) is 11.3 Å². The molecule has 1 saturated heterocycles. The average Bonchev–Trinajstić information content (AvgIpc) is 2.80. The van der Waals surface area contributed by atoms with Crippen LogP contribution in [0.1, 0.15) is 12.5 Å². The van der Waals surface area contributed by atoms with Crippen molar-refractivity contribution in [1.82, 2.24) is 9.88 Å². The number of likely N-dealkylation sites (tertiary alicyclic amines) is 1. The van der Waals surface area contributed by atoms with Crippen LogP contribution in [0.4, 0.5) is 0 Å². The first-order chi connectivity index (χ1) is 9.65. The minimum atomic E-state index is -0.684. The third-order valence-electron chi connectivity index (χ3n) is 4.12. The van der Waals surface area contributed by atoms with E-state index in [0.29, 0.717) is 6.54 Å². The third kappa shape index (κ3) is 2.39. The van der Waals surface area contributed by atoms with Crippen molar-refractivity contribution in [3.05, 3.63) is 42.1 Å². The molecule has 0 spiro atoms. The first-order valence-corrected chi connectivity index (χ1v) is 6.93. The Balaban J connectivity index is 1.82. The lowest BCUT2D eigenvalue weighted by molar-refractivity contribution is -0.142. The van der Waals surface area contributed by atoms with Gasteiger partial charge in [0.05, 0.1) is 11.4 Å². The van der Waals surface area contributed by atoms with Gasteiger partial charge in [0.1, 0.15) is 0 Å². The topological polar surface area (TPSA) is 53.4 Å². The molecule has 4 heteroatoms. The summed E-state index contributed by atoms with van der Waals surface area (Å²) in [5.41, 5.74) is 2.18. The van der Waals surface area contributed by atoms with Crippen LogP contribution in [0.3, 0.4) is 0 Å². The number of benzene rings is 1. The molecule has 0 radical (unpaired) electrons. The van der Waals surface area contributed by atoms with Crippen molar-refractivity contribution in [3.8, 4) is 0 Å². The summed E-state index contributed by atoms with van der Waals surface area (Å²) in [4.78, 5) is 17.9. The van der Waals surface area contributed by atoms with Gasteiger partial charge in [0.15, 0.2) is 0 Å². The van der Waals surface area contributed by atoms with Gasteiger partial charge in [-0.15, -0.1) is 0 Å². The van der Waals surface area contributed by atoms with Crippen molar-refractivity contribution in [2.75, 3.05) is 13.1 Å². The second-order valence-electron chi connectivity index (χ2n) is 5.61. The maximum Gasteiger partial charge on any atom is 0.308 e. The molecular formula is C16H18N2O2. The van der Waals surface area contributed by atoms with Crippen LogP contribution in [0, 0.1) is 11.8 Å². The van der Waals surface area contributed by atoms with Crippen LogP contribution in [-0.4, -0.2) is 34.0 Å². The molecule has 1 fully saturated rings. The van der Waals surface area contributed by atoms with E-state index in [-0.39, 0.29) is 11.8 Å². The van der Waals surface area contributed by atoms with Gasteiger partial charge in [0, 0.05) is 31.2 Å². The van der Waals surface area contributed by atoms with Gasteiger partial charge in [0.25, 0.3) is 0 Å². The number of fused-ring (bicyclic) bond motifs is 1. The molecule has 4 nitrogen and oxygen atoms in total. The minimum absolute atomic E-state index is 0.204. The van der Waals surface area contributed by atoms with Crippen LogP contribution in [0.25, 0.3) is 10.9 Å². The van der Waals surface area contributed by atoms with Crippen LogP contribution < -0.4 is 0 Å². The summed E-state index contributed by atoms with van der Waals surface area (Å²) in [5, 5.41) is 10.3. The second kappa shape index (κ2) is 5.21. The number of carboxylic acids is 1. The Hall–Kier alpha value is -1.94. The fraction of sp³-hybridized carbons (Fsp3) is 0.375. The molecule has 0 amide bonds. The number of para-hydroxylation sites is 1. The van der Waals surface area contributed by atoms with Crippen molar-refractivity contribution in [1.29, 1.82) is 0 Å². The van der Waals surface area contributed by atoms with E-state index in [0.717, 1.165) is 24.0 Å². The quantitative estimate of drug-likeness (QED) is 0.930. The molecule has 1 aromatic heterocycles. The van der Waals surface area contributed by atoms with Crippen molar-refractivity contribution in [3.63, 3.8) is 0 Å². The number of pyridine rings is 1. The summed E-state index contributed by atoms with van der Waals surface area (Å²) < 4.78 is 0. The number of aromatic nitrogens is 1. The van der Waals surface area contributed by atoms with Crippen molar-refractivity contribution in [2.24, 2.45) is 11.8 Å². The molecular weight excluding hydrogens is 252 g/mol. The first kappa shape index (κ1) is 13.1. The summed E-state index contributed by atoms with van der Waals surface area (Å²) in [6, 6.07) is 10.2. The molecule has 0 unspecified atom stereocenters. The molecule has 1 aliphatic heterocycles. The van der Waals surface area contributed by atoms with Gasteiger partial charge >= 0.3 is 5.97 Å². The largest absolute Gasteiger partial charge is 0.481 e. The zero-order valence-corrected chi connectivity index (χ0v) is 11.5. The van der Waals surface area contributed by atoms with E-state index < -0.39 is 5.97 Å². The molecule has 0 saturated carbocycles. The summed E-state index contributed by atoms with van der Waals surface area (Å²) in [6.45, 7) is 4.24. The van der Waals surface area contributed by atoms with Gasteiger partial charge < -0.3 is 5.11 Å². The third-order valence-corrected chi connectivity index (χ3v) is 4.12. The van der Waals surface area contributed by atoms with Gasteiger partial charge in [0.2, 0.25) is 0 Å². The molecule has 1 N–H and O–H groups in total. The molecule has 1 aromatic carbocycles. The Morgan fingerprint density at radius 2 is 2.15 bits per heavy atom. The number of aliphatic carboxylic acids is 1. The lowest BCUT2D eigenvalue weighted by Gasteiger charge is -2.16. The highest BCUT2D eigenvalue weighted by Gasteiger charge is 2.34. The number of hydrogen-bond donors (Lipinski definition) is 1. The fourth-order valence-corrected chi connectivity index (χ4v) is 3.05. The zero-order chi connectivity index (χ0) is 14.1. The minimum Gasteiger partial charge on any atom is -0.481 e. The summed E-state index contributed by atoms with van der Waals surface area (Å²) in [7, 11) is 0. The van der Waals surface area contributed by atoms with Crippen LogP contribution in [0.5, 0.6) is 0 Å². The number of nitrogens with zero attached hydrogens (tertiary/aromatic N) is 2. The molecule has 2 aromatic rings. The van der Waals surface area contributed by atoms with Gasteiger partial charge in [-0.25, -0.2) is 0 Å². The molecule has 0 aliphatic carbocycles. The summed E-state index contributed by atoms with van der Waals surface area (Å²) in [5.74, 6) is -0.732. The van der Waals surface area contributed by atoms with E-state index in [1.54, 1.807) is 6.20 Å². The molecule has 3 rings (SSSR count). The fourth-order valence-electron chi connectivity index (χ4n) is 3.05. The second-order valence-corrected chi connectivity index (χ2v) is 5.61. The van der Waals surface area contributed by atoms with E-state index >= 15 is 0 Å². The van der Waals surface area contributed by atoms with Crippen molar-refractivity contribution in [2.45, 2.75) is 13.5 Å². The summed E-state index contributed by atoms with van der Waals surface area (Å²) >= 11 is 0.